The van der Waals surface area contributed by atoms with Gasteiger partial charge in [-0.1, -0.05) is 6.07 Å². The Morgan fingerprint density at radius 3 is 2.76 bits per heavy atom. The summed E-state index contributed by atoms with van der Waals surface area (Å²) in [5, 5.41) is 0.920. The zero-order chi connectivity index (χ0) is 14.7. The lowest BCUT2D eigenvalue weighted by atomic mass is 10.1. The number of hydrogen-bond donors (Lipinski definition) is 0. The minimum absolute atomic E-state index is 0.0470. The maximum Gasteiger partial charge on any atom is 0.254 e. The predicted molar refractivity (Wildman–Crippen MR) is 81.0 cm³/mol. The number of carbonyl (C=O) groups excluding carboxylic acids is 1. The fourth-order valence-corrected chi connectivity index (χ4v) is 2.93. The Hall–Kier alpha value is -2.15. The molecule has 1 saturated heterocycles. The number of piperazine rings is 1. The number of amides is 1. The van der Waals surface area contributed by atoms with Gasteiger partial charge < -0.3 is 14.5 Å². The summed E-state index contributed by atoms with van der Waals surface area (Å²) in [5.74, 6) is 0.749. The number of hydrogen-bond acceptors (Lipinski definition) is 6. The molecule has 7 heteroatoms. The summed E-state index contributed by atoms with van der Waals surface area (Å²) in [6.07, 6.45) is 1.56. The van der Waals surface area contributed by atoms with E-state index >= 15 is 0 Å². The molecule has 0 N–H and O–H groups in total. The lowest BCUT2D eigenvalue weighted by Gasteiger charge is -2.34. The molecule has 1 aromatic carbocycles. The molecule has 1 aliphatic rings. The van der Waals surface area contributed by atoms with Crippen LogP contribution in [0.3, 0.4) is 0 Å². The second-order valence-corrected chi connectivity index (χ2v) is 5.49. The standard InChI is InChI=1S/C14H16N4O2S/c1-20-12-4-2-3-11(9-12)13(19)17-5-7-18(8-6-17)14-15-10-16-21-14/h2-4,9-10H,5-8H2,1H3. The summed E-state index contributed by atoms with van der Waals surface area (Å²) in [7, 11) is 1.60. The van der Waals surface area contributed by atoms with Crippen molar-refractivity contribution in [1.29, 1.82) is 0 Å². The van der Waals surface area contributed by atoms with Gasteiger partial charge in [-0.25, -0.2) is 4.98 Å². The van der Waals surface area contributed by atoms with E-state index in [-0.39, 0.29) is 5.91 Å². The Bertz CT molecular complexity index is 609. The molecule has 1 amide bonds. The van der Waals surface area contributed by atoms with Crippen LogP contribution in [-0.4, -0.2) is 53.5 Å². The molecule has 0 saturated carbocycles. The first-order chi connectivity index (χ1) is 10.3. The van der Waals surface area contributed by atoms with Crippen LogP contribution < -0.4 is 9.64 Å². The van der Waals surface area contributed by atoms with Gasteiger partial charge in [0, 0.05) is 43.3 Å². The molecule has 0 bridgehead atoms. The normalized spacial score (nSPS) is 15.1. The van der Waals surface area contributed by atoms with Crippen molar-refractivity contribution in [1.82, 2.24) is 14.3 Å². The van der Waals surface area contributed by atoms with Gasteiger partial charge in [0.1, 0.15) is 12.1 Å². The van der Waals surface area contributed by atoms with Crippen LogP contribution >= 0.6 is 11.5 Å². The van der Waals surface area contributed by atoms with Crippen LogP contribution in [0.1, 0.15) is 10.4 Å². The molecule has 0 aliphatic carbocycles. The highest BCUT2D eigenvalue weighted by Crippen LogP contribution is 2.19. The summed E-state index contributed by atoms with van der Waals surface area (Å²) < 4.78 is 9.18. The molecule has 0 spiro atoms. The van der Waals surface area contributed by atoms with E-state index in [1.165, 1.54) is 11.5 Å². The number of ether oxygens (including phenoxy) is 1. The maximum atomic E-state index is 12.5. The summed E-state index contributed by atoms with van der Waals surface area (Å²) in [5.41, 5.74) is 0.665. The molecule has 1 fully saturated rings. The van der Waals surface area contributed by atoms with Crippen molar-refractivity contribution >= 4 is 22.6 Å². The molecule has 110 valence electrons. The van der Waals surface area contributed by atoms with Gasteiger partial charge in [0.2, 0.25) is 5.13 Å². The van der Waals surface area contributed by atoms with E-state index in [1.54, 1.807) is 19.5 Å². The van der Waals surface area contributed by atoms with E-state index in [2.05, 4.69) is 14.3 Å². The molecule has 0 atom stereocenters. The molecular weight excluding hydrogens is 288 g/mol. The zero-order valence-corrected chi connectivity index (χ0v) is 12.5. The highest BCUT2D eigenvalue weighted by molar-refractivity contribution is 7.09. The van der Waals surface area contributed by atoms with E-state index in [9.17, 15) is 4.79 Å². The van der Waals surface area contributed by atoms with Crippen molar-refractivity contribution in [2.75, 3.05) is 38.2 Å². The second kappa shape index (κ2) is 6.09. The Morgan fingerprint density at radius 1 is 1.29 bits per heavy atom. The van der Waals surface area contributed by atoms with E-state index in [0.29, 0.717) is 24.4 Å². The van der Waals surface area contributed by atoms with Crippen molar-refractivity contribution in [2.45, 2.75) is 0 Å². The lowest BCUT2D eigenvalue weighted by molar-refractivity contribution is 0.0746. The number of benzene rings is 1. The van der Waals surface area contributed by atoms with E-state index in [4.69, 9.17) is 4.74 Å². The Balaban J connectivity index is 1.64. The largest absolute Gasteiger partial charge is 0.497 e. The number of rotatable bonds is 3. The molecule has 2 heterocycles. The first-order valence-corrected chi connectivity index (χ1v) is 7.50. The van der Waals surface area contributed by atoms with Crippen LogP contribution in [0, 0.1) is 0 Å². The van der Waals surface area contributed by atoms with Gasteiger partial charge in [0.25, 0.3) is 5.91 Å². The number of carbonyl (C=O) groups is 1. The third-order valence-corrected chi connectivity index (χ3v) is 4.23. The third-order valence-electron chi connectivity index (χ3n) is 3.50. The Labute approximate surface area is 127 Å². The summed E-state index contributed by atoms with van der Waals surface area (Å²) in [4.78, 5) is 20.7. The molecular formula is C14H16N4O2S. The minimum atomic E-state index is 0.0470. The molecule has 21 heavy (non-hydrogen) atoms. The van der Waals surface area contributed by atoms with Crippen LogP contribution in [0.15, 0.2) is 30.6 Å². The van der Waals surface area contributed by atoms with Gasteiger partial charge in [-0.15, -0.1) is 0 Å². The number of nitrogens with zero attached hydrogens (tertiary/aromatic N) is 4. The van der Waals surface area contributed by atoms with Crippen molar-refractivity contribution < 1.29 is 9.53 Å². The summed E-state index contributed by atoms with van der Waals surface area (Å²) in [6.45, 7) is 2.95. The molecule has 1 aliphatic heterocycles. The average Bonchev–Trinajstić information content (AvgIpc) is 3.09. The van der Waals surface area contributed by atoms with Crippen LogP contribution in [0.5, 0.6) is 5.75 Å². The van der Waals surface area contributed by atoms with Crippen molar-refractivity contribution in [3.05, 3.63) is 36.2 Å². The van der Waals surface area contributed by atoms with Crippen LogP contribution in [0.2, 0.25) is 0 Å². The van der Waals surface area contributed by atoms with Gasteiger partial charge in [-0.2, -0.15) is 4.37 Å². The molecule has 1 aromatic heterocycles. The van der Waals surface area contributed by atoms with Gasteiger partial charge in [-0.05, 0) is 18.2 Å². The van der Waals surface area contributed by atoms with E-state index in [1.807, 2.05) is 23.1 Å². The molecule has 0 unspecified atom stereocenters. The topological polar surface area (TPSA) is 58.6 Å². The van der Waals surface area contributed by atoms with E-state index < -0.39 is 0 Å². The SMILES string of the molecule is COc1cccc(C(=O)N2CCN(c3ncns3)CC2)c1. The van der Waals surface area contributed by atoms with Crippen molar-refractivity contribution in [3.8, 4) is 5.75 Å². The van der Waals surface area contributed by atoms with Crippen molar-refractivity contribution in [2.24, 2.45) is 0 Å². The molecule has 6 nitrogen and oxygen atoms in total. The fraction of sp³-hybridized carbons (Fsp3) is 0.357. The van der Waals surface area contributed by atoms with Gasteiger partial charge in [0.15, 0.2) is 0 Å². The van der Waals surface area contributed by atoms with Crippen LogP contribution in [0.25, 0.3) is 0 Å². The number of aromatic nitrogens is 2. The van der Waals surface area contributed by atoms with Crippen LogP contribution in [0.4, 0.5) is 5.13 Å². The predicted octanol–water partition coefficient (Wildman–Crippen LogP) is 1.51. The highest BCUT2D eigenvalue weighted by Gasteiger charge is 2.23. The van der Waals surface area contributed by atoms with Crippen LogP contribution in [-0.2, 0) is 0 Å². The number of anilines is 1. The third kappa shape index (κ3) is 2.97. The smallest absolute Gasteiger partial charge is 0.254 e. The Kier molecular flexibility index (Phi) is 4.01. The molecule has 3 rings (SSSR count). The highest BCUT2D eigenvalue weighted by atomic mass is 32.1. The van der Waals surface area contributed by atoms with Gasteiger partial charge in [-0.3, -0.25) is 4.79 Å². The number of methoxy groups -OCH3 is 1. The monoisotopic (exact) mass is 304 g/mol. The molecule has 0 radical (unpaired) electrons. The Morgan fingerprint density at radius 2 is 2.10 bits per heavy atom. The van der Waals surface area contributed by atoms with Gasteiger partial charge >= 0.3 is 0 Å². The van der Waals surface area contributed by atoms with Crippen molar-refractivity contribution in [3.63, 3.8) is 0 Å². The summed E-state index contributed by atoms with van der Waals surface area (Å²) >= 11 is 1.39. The fourth-order valence-electron chi connectivity index (χ4n) is 2.35. The first kappa shape index (κ1) is 13.8. The lowest BCUT2D eigenvalue weighted by Crippen LogP contribution is -2.48. The van der Waals surface area contributed by atoms with Gasteiger partial charge in [0.05, 0.1) is 7.11 Å². The zero-order valence-electron chi connectivity index (χ0n) is 11.7. The first-order valence-electron chi connectivity index (χ1n) is 6.73. The maximum absolute atomic E-state index is 12.5. The minimum Gasteiger partial charge on any atom is -0.497 e. The average molecular weight is 304 g/mol. The van der Waals surface area contributed by atoms with E-state index in [0.717, 1.165) is 18.2 Å². The molecule has 2 aromatic rings. The quantitative estimate of drug-likeness (QED) is 0.860. The summed E-state index contributed by atoms with van der Waals surface area (Å²) in [6, 6.07) is 7.27. The second-order valence-electron chi connectivity index (χ2n) is 4.74.